The van der Waals surface area contributed by atoms with Gasteiger partial charge in [0.05, 0.1) is 5.60 Å². The van der Waals surface area contributed by atoms with Crippen molar-refractivity contribution in [3.63, 3.8) is 0 Å². The minimum atomic E-state index is -1.09. The smallest absolute Gasteiger partial charge is 0.328 e. The van der Waals surface area contributed by atoms with E-state index < -0.39 is 11.6 Å². The standard InChI is InChI=1S/C27H37NO3/c1-3-26-13-10-21-20-7-5-4-6-18(20)8-9-22(21)23(26)16-24(19-12-15-28-17(19)2)27(26,31)14-11-25(29)30/h4,6,8,11,14,19-24,28,31H,2-3,5,7,9-10,12-13,15-16H2,1H3,(H,29,30)/b14-11-/t19?,20-,21+,22+,23-,24+,26-,27-/m0/s1. The Morgan fingerprint density at radius 2 is 2.10 bits per heavy atom. The number of carbonyl (C=O) groups is 1. The van der Waals surface area contributed by atoms with Crippen LogP contribution in [0.15, 0.2) is 48.2 Å². The first-order chi connectivity index (χ1) is 14.9. The summed E-state index contributed by atoms with van der Waals surface area (Å²) in [5.41, 5.74) is 1.23. The average molecular weight is 424 g/mol. The van der Waals surface area contributed by atoms with Gasteiger partial charge in [0, 0.05) is 35.6 Å². The number of allylic oxidation sites excluding steroid dienone is 5. The van der Waals surface area contributed by atoms with E-state index in [9.17, 15) is 15.0 Å². The number of fused-ring (bicyclic) bond motifs is 5. The number of rotatable bonds is 4. The molecule has 0 aromatic carbocycles. The van der Waals surface area contributed by atoms with Gasteiger partial charge in [-0.3, -0.25) is 0 Å². The van der Waals surface area contributed by atoms with Crippen molar-refractivity contribution in [2.24, 2.45) is 40.9 Å². The second kappa shape index (κ2) is 7.65. The van der Waals surface area contributed by atoms with E-state index in [1.54, 1.807) is 11.6 Å². The Morgan fingerprint density at radius 1 is 1.26 bits per heavy atom. The van der Waals surface area contributed by atoms with Crippen molar-refractivity contribution in [2.75, 3.05) is 6.54 Å². The Kier molecular flexibility index (Phi) is 5.20. The van der Waals surface area contributed by atoms with Crippen molar-refractivity contribution >= 4 is 5.97 Å². The molecule has 4 nitrogen and oxygen atoms in total. The summed E-state index contributed by atoms with van der Waals surface area (Å²) in [7, 11) is 0. The molecule has 1 saturated heterocycles. The van der Waals surface area contributed by atoms with Crippen LogP contribution < -0.4 is 5.32 Å². The molecule has 0 aromatic rings. The lowest BCUT2D eigenvalue weighted by Gasteiger charge is -2.56. The summed E-state index contributed by atoms with van der Waals surface area (Å²) in [5, 5.41) is 25.2. The molecular weight excluding hydrogens is 386 g/mol. The van der Waals surface area contributed by atoms with E-state index in [0.717, 1.165) is 50.8 Å². The molecule has 0 aromatic heterocycles. The van der Waals surface area contributed by atoms with Gasteiger partial charge in [-0.1, -0.05) is 31.7 Å². The maximum Gasteiger partial charge on any atom is 0.328 e. The molecule has 1 unspecified atom stereocenters. The van der Waals surface area contributed by atoms with E-state index in [0.29, 0.717) is 23.7 Å². The molecule has 0 radical (unpaired) electrons. The molecule has 0 bridgehead atoms. The van der Waals surface area contributed by atoms with Crippen molar-refractivity contribution in [1.29, 1.82) is 0 Å². The van der Waals surface area contributed by atoms with Gasteiger partial charge < -0.3 is 15.5 Å². The monoisotopic (exact) mass is 423 g/mol. The molecule has 31 heavy (non-hydrogen) atoms. The number of aliphatic carboxylic acids is 1. The Bertz CT molecular complexity index is 857. The fourth-order valence-electron chi connectivity index (χ4n) is 8.65. The highest BCUT2D eigenvalue weighted by Gasteiger charge is 2.67. The maximum atomic E-state index is 12.4. The van der Waals surface area contributed by atoms with Gasteiger partial charge in [0.15, 0.2) is 0 Å². The van der Waals surface area contributed by atoms with E-state index in [2.05, 4.69) is 37.0 Å². The van der Waals surface area contributed by atoms with Crippen molar-refractivity contribution < 1.29 is 15.0 Å². The SMILES string of the molecule is C=C1NCCC1[C@H]1C[C@H]2[C@@H]3CC=C4C=CCC[C@@H]4[C@H]3CC[C@]2(CC)[C@]1(O)/C=C\C(=O)O. The van der Waals surface area contributed by atoms with Crippen LogP contribution in [0, 0.1) is 40.9 Å². The van der Waals surface area contributed by atoms with E-state index in [1.165, 1.54) is 18.9 Å². The lowest BCUT2D eigenvalue weighted by Crippen LogP contribution is -2.55. The van der Waals surface area contributed by atoms with Crippen LogP contribution in [0.4, 0.5) is 0 Å². The highest BCUT2D eigenvalue weighted by molar-refractivity contribution is 5.80. The second-order valence-corrected chi connectivity index (χ2v) is 10.7. The first kappa shape index (κ1) is 21.1. The Morgan fingerprint density at radius 3 is 2.81 bits per heavy atom. The van der Waals surface area contributed by atoms with Crippen LogP contribution in [0.1, 0.15) is 58.3 Å². The summed E-state index contributed by atoms with van der Waals surface area (Å²) in [4.78, 5) is 11.5. The maximum absolute atomic E-state index is 12.4. The largest absolute Gasteiger partial charge is 0.478 e. The minimum absolute atomic E-state index is 0.0333. The first-order valence-electron chi connectivity index (χ1n) is 12.3. The van der Waals surface area contributed by atoms with Crippen molar-refractivity contribution in [1.82, 2.24) is 5.32 Å². The molecule has 4 aliphatic carbocycles. The molecule has 1 heterocycles. The summed E-state index contributed by atoms with van der Waals surface area (Å²) in [6.07, 6.45) is 18.5. The number of aliphatic hydroxyl groups is 1. The molecule has 168 valence electrons. The number of carboxylic acids is 1. The average Bonchev–Trinajstić information content (AvgIpc) is 3.31. The third kappa shape index (κ3) is 3.01. The van der Waals surface area contributed by atoms with Gasteiger partial charge in [-0.05, 0) is 86.7 Å². The van der Waals surface area contributed by atoms with Crippen molar-refractivity contribution in [2.45, 2.75) is 63.9 Å². The van der Waals surface area contributed by atoms with Crippen LogP contribution in [0.2, 0.25) is 0 Å². The molecule has 5 aliphatic rings. The third-order valence-electron chi connectivity index (χ3n) is 9.95. The normalized spacial score (nSPS) is 46.3. The van der Waals surface area contributed by atoms with Crippen LogP contribution in [-0.4, -0.2) is 28.3 Å². The Labute approximate surface area is 186 Å². The van der Waals surface area contributed by atoms with Crippen molar-refractivity contribution in [3.8, 4) is 0 Å². The topological polar surface area (TPSA) is 69.6 Å². The number of hydrogen-bond donors (Lipinski definition) is 3. The number of hydrogen-bond acceptors (Lipinski definition) is 3. The van der Waals surface area contributed by atoms with Gasteiger partial charge in [0.2, 0.25) is 0 Å². The van der Waals surface area contributed by atoms with Crippen LogP contribution >= 0.6 is 0 Å². The highest BCUT2D eigenvalue weighted by atomic mass is 16.4. The predicted octanol–water partition coefficient (Wildman–Crippen LogP) is 4.84. The fourth-order valence-corrected chi connectivity index (χ4v) is 8.65. The lowest BCUT2D eigenvalue weighted by molar-refractivity contribution is -0.132. The number of nitrogens with one attached hydrogen (secondary N) is 1. The highest BCUT2D eigenvalue weighted by Crippen LogP contribution is 2.69. The van der Waals surface area contributed by atoms with E-state index >= 15 is 0 Å². The molecule has 0 spiro atoms. The predicted molar refractivity (Wildman–Crippen MR) is 122 cm³/mol. The lowest BCUT2D eigenvalue weighted by atomic mass is 9.50. The molecular formula is C27H37NO3. The summed E-state index contributed by atoms with van der Waals surface area (Å²) in [6, 6.07) is 0. The van der Waals surface area contributed by atoms with Crippen LogP contribution in [0.25, 0.3) is 0 Å². The molecule has 8 atom stereocenters. The Balaban J connectivity index is 1.57. The van der Waals surface area contributed by atoms with Crippen molar-refractivity contribution in [3.05, 3.63) is 48.2 Å². The van der Waals surface area contributed by atoms with Crippen LogP contribution in [0.3, 0.4) is 0 Å². The zero-order chi connectivity index (χ0) is 21.8. The van der Waals surface area contributed by atoms with Gasteiger partial charge in [0.1, 0.15) is 0 Å². The molecule has 1 aliphatic heterocycles. The van der Waals surface area contributed by atoms with E-state index in [-0.39, 0.29) is 17.3 Å². The zero-order valence-electron chi connectivity index (χ0n) is 18.7. The summed E-state index contributed by atoms with van der Waals surface area (Å²) in [6.45, 7) is 7.37. The fraction of sp³-hybridized carbons (Fsp3) is 0.667. The van der Waals surface area contributed by atoms with Crippen LogP contribution in [-0.2, 0) is 4.79 Å². The van der Waals surface area contributed by atoms with Gasteiger partial charge in [0.25, 0.3) is 0 Å². The van der Waals surface area contributed by atoms with Gasteiger partial charge in [-0.25, -0.2) is 4.79 Å². The molecule has 3 fully saturated rings. The van der Waals surface area contributed by atoms with Gasteiger partial charge >= 0.3 is 5.97 Å². The number of carboxylic acid groups (broad SMARTS) is 1. The molecule has 3 N–H and O–H groups in total. The molecule has 4 heteroatoms. The second-order valence-electron chi connectivity index (χ2n) is 10.7. The third-order valence-corrected chi connectivity index (χ3v) is 9.95. The quantitative estimate of drug-likeness (QED) is 0.566. The molecule has 0 amide bonds. The Hall–Kier alpha value is -1.81. The van der Waals surface area contributed by atoms with Crippen LogP contribution in [0.5, 0.6) is 0 Å². The molecule has 2 saturated carbocycles. The zero-order valence-corrected chi connectivity index (χ0v) is 18.7. The van der Waals surface area contributed by atoms with E-state index in [4.69, 9.17) is 0 Å². The summed E-state index contributed by atoms with van der Waals surface area (Å²) < 4.78 is 0. The minimum Gasteiger partial charge on any atom is -0.478 e. The summed E-state index contributed by atoms with van der Waals surface area (Å²) in [5.74, 6) is 1.66. The van der Waals surface area contributed by atoms with E-state index in [1.807, 2.05) is 0 Å². The first-order valence-corrected chi connectivity index (χ1v) is 12.3. The van der Waals surface area contributed by atoms with Gasteiger partial charge in [-0.15, -0.1) is 0 Å². The summed E-state index contributed by atoms with van der Waals surface area (Å²) >= 11 is 0. The van der Waals surface area contributed by atoms with Gasteiger partial charge in [-0.2, -0.15) is 0 Å². The molecule has 5 rings (SSSR count).